The predicted molar refractivity (Wildman–Crippen MR) is 105 cm³/mol. The Morgan fingerprint density at radius 1 is 0.962 bits per heavy atom. The van der Waals surface area contributed by atoms with Crippen molar-refractivity contribution in [2.24, 2.45) is 0 Å². The second kappa shape index (κ2) is 6.88. The molecule has 4 aromatic rings. The zero-order valence-corrected chi connectivity index (χ0v) is 14.8. The van der Waals surface area contributed by atoms with Crippen LogP contribution in [0.15, 0.2) is 65.3 Å². The SMILES string of the molecule is Cc1ccc(Nc2nc(NCc3ccco3)c3ccccc3n2)c(C)c1. The number of anilines is 3. The normalized spacial score (nSPS) is 10.8. The minimum Gasteiger partial charge on any atom is -0.467 e. The van der Waals surface area contributed by atoms with Crippen LogP contribution in [-0.2, 0) is 6.54 Å². The Labute approximate surface area is 152 Å². The fraction of sp³-hybridized carbons (Fsp3) is 0.143. The van der Waals surface area contributed by atoms with Gasteiger partial charge in [0.2, 0.25) is 5.95 Å². The fourth-order valence-corrected chi connectivity index (χ4v) is 2.93. The van der Waals surface area contributed by atoms with E-state index in [4.69, 9.17) is 4.42 Å². The molecule has 5 nitrogen and oxygen atoms in total. The van der Waals surface area contributed by atoms with E-state index in [0.29, 0.717) is 12.5 Å². The lowest BCUT2D eigenvalue weighted by atomic mass is 10.1. The number of aryl methyl sites for hydroxylation is 2. The van der Waals surface area contributed by atoms with Crippen LogP contribution in [0.5, 0.6) is 0 Å². The molecule has 0 saturated carbocycles. The summed E-state index contributed by atoms with van der Waals surface area (Å²) < 4.78 is 5.40. The van der Waals surface area contributed by atoms with E-state index < -0.39 is 0 Å². The van der Waals surface area contributed by atoms with Gasteiger partial charge >= 0.3 is 0 Å². The third kappa shape index (κ3) is 3.37. The lowest BCUT2D eigenvalue weighted by molar-refractivity contribution is 0.518. The van der Waals surface area contributed by atoms with Crippen molar-refractivity contribution in [3.63, 3.8) is 0 Å². The van der Waals surface area contributed by atoms with E-state index in [1.54, 1.807) is 6.26 Å². The van der Waals surface area contributed by atoms with Crippen LogP contribution in [0.1, 0.15) is 16.9 Å². The number of rotatable bonds is 5. The van der Waals surface area contributed by atoms with Crippen LogP contribution in [-0.4, -0.2) is 9.97 Å². The number of furan rings is 1. The van der Waals surface area contributed by atoms with Gasteiger partial charge in [-0.05, 0) is 49.7 Å². The molecule has 0 saturated heterocycles. The first-order valence-electron chi connectivity index (χ1n) is 8.56. The molecule has 2 N–H and O–H groups in total. The van der Waals surface area contributed by atoms with E-state index in [9.17, 15) is 0 Å². The molecule has 0 spiro atoms. The van der Waals surface area contributed by atoms with Crippen molar-refractivity contribution in [3.8, 4) is 0 Å². The summed E-state index contributed by atoms with van der Waals surface area (Å²) in [5, 5.41) is 7.67. The quantitative estimate of drug-likeness (QED) is 0.521. The van der Waals surface area contributed by atoms with Crippen LogP contribution >= 0.6 is 0 Å². The van der Waals surface area contributed by atoms with Crippen LogP contribution in [0.25, 0.3) is 10.9 Å². The Bertz CT molecular complexity index is 1040. The average Bonchev–Trinajstić information content (AvgIpc) is 3.16. The molecular weight excluding hydrogens is 324 g/mol. The molecule has 2 aromatic heterocycles. The largest absolute Gasteiger partial charge is 0.467 e. The highest BCUT2D eigenvalue weighted by Crippen LogP contribution is 2.25. The van der Waals surface area contributed by atoms with Crippen molar-refractivity contribution in [3.05, 3.63) is 77.7 Å². The predicted octanol–water partition coefficient (Wildman–Crippen LogP) is 5.20. The highest BCUT2D eigenvalue weighted by molar-refractivity contribution is 5.90. The summed E-state index contributed by atoms with van der Waals surface area (Å²) in [7, 11) is 0. The molecule has 0 unspecified atom stereocenters. The zero-order chi connectivity index (χ0) is 17.9. The number of benzene rings is 2. The number of aromatic nitrogens is 2. The van der Waals surface area contributed by atoms with Gasteiger partial charge in [-0.1, -0.05) is 29.8 Å². The topological polar surface area (TPSA) is 63.0 Å². The Balaban J connectivity index is 1.68. The molecule has 0 atom stereocenters. The summed E-state index contributed by atoms with van der Waals surface area (Å²) in [6.45, 7) is 4.73. The van der Waals surface area contributed by atoms with Gasteiger partial charge in [-0.3, -0.25) is 0 Å². The van der Waals surface area contributed by atoms with E-state index in [2.05, 4.69) is 52.6 Å². The number of hydrogen-bond acceptors (Lipinski definition) is 5. The smallest absolute Gasteiger partial charge is 0.229 e. The van der Waals surface area contributed by atoms with Crippen LogP contribution in [0.3, 0.4) is 0 Å². The maximum Gasteiger partial charge on any atom is 0.229 e. The summed E-state index contributed by atoms with van der Waals surface area (Å²) in [5.41, 5.74) is 4.28. The molecule has 2 heterocycles. The Hall–Kier alpha value is -3.34. The second-order valence-electron chi connectivity index (χ2n) is 6.29. The molecule has 5 heteroatoms. The van der Waals surface area contributed by atoms with Gasteiger partial charge in [0.25, 0.3) is 0 Å². The molecule has 4 rings (SSSR count). The highest BCUT2D eigenvalue weighted by Gasteiger charge is 2.09. The van der Waals surface area contributed by atoms with Gasteiger partial charge in [0, 0.05) is 11.1 Å². The molecule has 0 aliphatic carbocycles. The Kier molecular flexibility index (Phi) is 4.27. The first-order valence-corrected chi connectivity index (χ1v) is 8.56. The monoisotopic (exact) mass is 344 g/mol. The summed E-state index contributed by atoms with van der Waals surface area (Å²) in [6, 6.07) is 18.1. The third-order valence-electron chi connectivity index (χ3n) is 4.24. The van der Waals surface area contributed by atoms with Crippen LogP contribution in [0.4, 0.5) is 17.5 Å². The summed E-state index contributed by atoms with van der Waals surface area (Å²) in [4.78, 5) is 9.34. The van der Waals surface area contributed by atoms with Crippen molar-refractivity contribution >= 4 is 28.4 Å². The number of fused-ring (bicyclic) bond motifs is 1. The van der Waals surface area contributed by atoms with E-state index in [1.165, 1.54) is 5.56 Å². The van der Waals surface area contributed by atoms with Crippen molar-refractivity contribution < 1.29 is 4.42 Å². The van der Waals surface area contributed by atoms with Crippen molar-refractivity contribution in [2.75, 3.05) is 10.6 Å². The van der Waals surface area contributed by atoms with E-state index in [-0.39, 0.29) is 0 Å². The molecular formula is C21H20N4O. The fourth-order valence-electron chi connectivity index (χ4n) is 2.93. The Morgan fingerprint density at radius 3 is 2.65 bits per heavy atom. The molecule has 2 aromatic carbocycles. The maximum absolute atomic E-state index is 5.40. The summed E-state index contributed by atoms with van der Waals surface area (Å²) in [5.74, 6) is 2.20. The van der Waals surface area contributed by atoms with Crippen LogP contribution < -0.4 is 10.6 Å². The number of hydrogen-bond donors (Lipinski definition) is 2. The van der Waals surface area contributed by atoms with Gasteiger partial charge in [-0.2, -0.15) is 4.98 Å². The molecule has 0 aliphatic rings. The average molecular weight is 344 g/mol. The van der Waals surface area contributed by atoms with Gasteiger partial charge in [0.05, 0.1) is 18.3 Å². The highest BCUT2D eigenvalue weighted by atomic mass is 16.3. The van der Waals surface area contributed by atoms with Crippen molar-refractivity contribution in [1.29, 1.82) is 0 Å². The number of nitrogens with zero attached hydrogens (tertiary/aromatic N) is 2. The molecule has 0 radical (unpaired) electrons. The minimum atomic E-state index is 0.566. The molecule has 26 heavy (non-hydrogen) atoms. The molecule has 0 aliphatic heterocycles. The molecule has 0 fully saturated rings. The van der Waals surface area contributed by atoms with Gasteiger partial charge in [0.15, 0.2) is 0 Å². The minimum absolute atomic E-state index is 0.566. The second-order valence-corrected chi connectivity index (χ2v) is 6.29. The molecule has 0 bridgehead atoms. The lowest BCUT2D eigenvalue weighted by Crippen LogP contribution is -2.05. The summed E-state index contributed by atoms with van der Waals surface area (Å²) in [6.07, 6.45) is 1.67. The van der Waals surface area contributed by atoms with E-state index in [0.717, 1.165) is 33.7 Å². The first-order chi connectivity index (χ1) is 12.7. The van der Waals surface area contributed by atoms with Crippen LogP contribution in [0, 0.1) is 13.8 Å². The lowest BCUT2D eigenvalue weighted by Gasteiger charge is -2.13. The van der Waals surface area contributed by atoms with Crippen LogP contribution in [0.2, 0.25) is 0 Å². The standard InChI is InChI=1S/C21H20N4O/c1-14-9-10-18(15(2)12-14)23-21-24-19-8-4-3-7-17(19)20(25-21)22-13-16-6-5-11-26-16/h3-12H,13H2,1-2H3,(H2,22,23,24,25). The van der Waals surface area contributed by atoms with E-state index in [1.807, 2.05) is 36.4 Å². The Morgan fingerprint density at radius 2 is 1.85 bits per heavy atom. The first kappa shape index (κ1) is 16.1. The van der Waals surface area contributed by atoms with Gasteiger partial charge in [0.1, 0.15) is 11.6 Å². The maximum atomic E-state index is 5.40. The zero-order valence-electron chi connectivity index (χ0n) is 14.8. The molecule has 130 valence electrons. The number of para-hydroxylation sites is 1. The third-order valence-corrected chi connectivity index (χ3v) is 4.24. The van der Waals surface area contributed by atoms with Gasteiger partial charge in [-0.25, -0.2) is 4.98 Å². The van der Waals surface area contributed by atoms with Crippen molar-refractivity contribution in [1.82, 2.24) is 9.97 Å². The van der Waals surface area contributed by atoms with Gasteiger partial charge in [-0.15, -0.1) is 0 Å². The number of nitrogens with one attached hydrogen (secondary N) is 2. The molecule has 0 amide bonds. The van der Waals surface area contributed by atoms with Gasteiger partial charge < -0.3 is 15.1 Å². The van der Waals surface area contributed by atoms with Crippen molar-refractivity contribution in [2.45, 2.75) is 20.4 Å². The van der Waals surface area contributed by atoms with E-state index >= 15 is 0 Å². The summed E-state index contributed by atoms with van der Waals surface area (Å²) >= 11 is 0.